The summed E-state index contributed by atoms with van der Waals surface area (Å²) in [6, 6.07) is -1.57. The van der Waals surface area contributed by atoms with Gasteiger partial charge in [-0.2, -0.15) is 0 Å². The molecule has 0 aliphatic rings. The van der Waals surface area contributed by atoms with E-state index in [0.29, 0.717) is 0 Å². The van der Waals surface area contributed by atoms with E-state index in [4.69, 9.17) is 9.47 Å². The molecule has 0 aliphatic heterocycles. The highest BCUT2D eigenvalue weighted by Crippen LogP contribution is 1.99. The number of amides is 4. The number of hydrogen-bond donors (Lipinski definition) is 4. The van der Waals surface area contributed by atoms with E-state index in [2.05, 4.69) is 21.3 Å². The van der Waals surface area contributed by atoms with Gasteiger partial charge in [-0.25, -0.2) is 19.2 Å². The minimum absolute atomic E-state index is 0.0559. The zero-order valence-electron chi connectivity index (χ0n) is 19.2. The van der Waals surface area contributed by atoms with Crippen LogP contribution in [0.5, 0.6) is 0 Å². The first-order valence-electron chi connectivity index (χ1n) is 9.76. The van der Waals surface area contributed by atoms with E-state index < -0.39 is 24.0 Å². The maximum absolute atomic E-state index is 11.7. The van der Waals surface area contributed by atoms with Gasteiger partial charge in [0.2, 0.25) is 0 Å². The number of esters is 2. The van der Waals surface area contributed by atoms with E-state index in [9.17, 15) is 19.2 Å². The molecule has 0 aromatic rings. The van der Waals surface area contributed by atoms with Crippen LogP contribution < -0.4 is 21.3 Å². The van der Waals surface area contributed by atoms with Crippen LogP contribution in [0.25, 0.3) is 0 Å². The van der Waals surface area contributed by atoms with Crippen molar-refractivity contribution in [3.05, 3.63) is 12.2 Å². The van der Waals surface area contributed by atoms with Crippen molar-refractivity contribution in [2.45, 2.75) is 78.6 Å². The fraction of sp³-hybridized carbons (Fsp3) is 0.700. The number of carbonyl (C=O) groups is 4. The number of urea groups is 2. The molecule has 0 aromatic carbocycles. The van der Waals surface area contributed by atoms with Crippen molar-refractivity contribution in [3.8, 4) is 0 Å². The van der Waals surface area contributed by atoms with E-state index in [-0.39, 0.29) is 36.4 Å². The van der Waals surface area contributed by atoms with Gasteiger partial charge in [0.15, 0.2) is 0 Å². The Morgan fingerprint density at radius 1 is 0.700 bits per heavy atom. The number of rotatable bonds is 8. The molecule has 0 heterocycles. The van der Waals surface area contributed by atoms with Crippen molar-refractivity contribution in [2.75, 3.05) is 13.2 Å². The molecule has 0 unspecified atom stereocenters. The van der Waals surface area contributed by atoms with Crippen LogP contribution in [0.4, 0.5) is 9.59 Å². The van der Waals surface area contributed by atoms with E-state index in [1.54, 1.807) is 13.8 Å². The number of ether oxygens (including phenoxy) is 2. The molecule has 4 amide bonds. The monoisotopic (exact) mass is 428 g/mol. The highest BCUT2D eigenvalue weighted by molar-refractivity contribution is 5.91. The summed E-state index contributed by atoms with van der Waals surface area (Å²) < 4.78 is 9.94. The quantitative estimate of drug-likeness (QED) is 0.343. The lowest BCUT2D eigenvalue weighted by molar-refractivity contribution is -0.141. The summed E-state index contributed by atoms with van der Waals surface area (Å²) in [7, 11) is 0. The van der Waals surface area contributed by atoms with E-state index in [0.717, 1.165) is 12.2 Å². The van der Waals surface area contributed by atoms with Gasteiger partial charge in [0.25, 0.3) is 0 Å². The molecule has 2 atom stereocenters. The van der Waals surface area contributed by atoms with Crippen LogP contribution in [-0.4, -0.2) is 60.4 Å². The van der Waals surface area contributed by atoms with Crippen LogP contribution in [0.3, 0.4) is 0 Å². The third-order valence-electron chi connectivity index (χ3n) is 3.04. The summed E-state index contributed by atoms with van der Waals surface area (Å²) in [5.41, 5.74) is -0.764. The van der Waals surface area contributed by atoms with Gasteiger partial charge in [0.1, 0.15) is 13.2 Å². The molecule has 30 heavy (non-hydrogen) atoms. The molecule has 0 fully saturated rings. The lowest BCUT2D eigenvalue weighted by Crippen LogP contribution is -2.50. The van der Waals surface area contributed by atoms with Gasteiger partial charge < -0.3 is 30.7 Å². The van der Waals surface area contributed by atoms with Crippen molar-refractivity contribution in [3.63, 3.8) is 0 Å². The third-order valence-corrected chi connectivity index (χ3v) is 3.04. The summed E-state index contributed by atoms with van der Waals surface area (Å²) in [6.45, 7) is 14.3. The van der Waals surface area contributed by atoms with Gasteiger partial charge in [-0.3, -0.25) is 0 Å². The fourth-order valence-electron chi connectivity index (χ4n) is 1.93. The molecule has 0 aliphatic carbocycles. The molecular weight excluding hydrogens is 392 g/mol. The summed E-state index contributed by atoms with van der Waals surface area (Å²) in [5, 5.41) is 10.7. The Hall–Kier alpha value is -2.78. The molecule has 10 nitrogen and oxygen atoms in total. The minimum Gasteiger partial charge on any atom is -0.460 e. The summed E-state index contributed by atoms with van der Waals surface area (Å²) in [6.07, 6.45) is 1.88. The maximum atomic E-state index is 11.7. The Kier molecular flexibility index (Phi) is 10.9. The average molecular weight is 429 g/mol. The first kappa shape index (κ1) is 27.2. The van der Waals surface area contributed by atoms with Crippen LogP contribution in [0, 0.1) is 0 Å². The van der Waals surface area contributed by atoms with Gasteiger partial charge in [0, 0.05) is 23.2 Å². The predicted molar refractivity (Wildman–Crippen MR) is 113 cm³/mol. The average Bonchev–Trinajstić information content (AvgIpc) is 2.52. The molecule has 0 aromatic heterocycles. The van der Waals surface area contributed by atoms with Crippen molar-refractivity contribution < 1.29 is 28.7 Å². The highest BCUT2D eigenvalue weighted by Gasteiger charge is 2.17. The second-order valence-corrected chi connectivity index (χ2v) is 9.09. The molecule has 0 spiro atoms. The summed E-state index contributed by atoms with van der Waals surface area (Å²) >= 11 is 0. The van der Waals surface area contributed by atoms with Gasteiger partial charge in [-0.1, -0.05) is 0 Å². The fourth-order valence-corrected chi connectivity index (χ4v) is 1.93. The van der Waals surface area contributed by atoms with Gasteiger partial charge in [-0.05, 0) is 55.4 Å². The Bertz CT molecular complexity index is 580. The molecule has 172 valence electrons. The van der Waals surface area contributed by atoms with Gasteiger partial charge in [0.05, 0.1) is 12.1 Å². The van der Waals surface area contributed by atoms with Crippen LogP contribution in [0.1, 0.15) is 55.4 Å². The normalized spacial score (nSPS) is 13.7. The largest absolute Gasteiger partial charge is 0.460 e. The van der Waals surface area contributed by atoms with Crippen molar-refractivity contribution in [1.29, 1.82) is 0 Å². The molecular formula is C20H36N4O6. The zero-order chi connectivity index (χ0) is 23.5. The SMILES string of the molecule is C[C@@H](COC(=O)/C=C/C(=O)OC[C@H](C)NC(=O)NC(C)(C)C)NC(=O)NC(C)(C)C. The summed E-state index contributed by atoms with van der Waals surface area (Å²) in [4.78, 5) is 46.8. The standard InChI is InChI=1S/C20H36N4O6/c1-13(21-17(27)23-19(3,4)5)11-29-15(25)9-10-16(26)30-12-14(2)22-18(28)24-20(6,7)8/h9-10,13-14H,11-12H2,1-8H3,(H2,21,23,27)(H2,22,24,28)/b10-9+/t13-,14-/m0/s1. The zero-order valence-corrected chi connectivity index (χ0v) is 19.2. The Labute approximate surface area is 178 Å². The van der Waals surface area contributed by atoms with E-state index >= 15 is 0 Å². The lowest BCUT2D eigenvalue weighted by atomic mass is 10.1. The van der Waals surface area contributed by atoms with Gasteiger partial charge >= 0.3 is 24.0 Å². The van der Waals surface area contributed by atoms with Crippen molar-refractivity contribution in [1.82, 2.24) is 21.3 Å². The van der Waals surface area contributed by atoms with Crippen molar-refractivity contribution >= 4 is 24.0 Å². The van der Waals surface area contributed by atoms with Gasteiger partial charge in [-0.15, -0.1) is 0 Å². The Morgan fingerprint density at radius 3 is 1.27 bits per heavy atom. The van der Waals surface area contributed by atoms with E-state index in [1.165, 1.54) is 0 Å². The molecule has 0 saturated heterocycles. The molecule has 10 heteroatoms. The Morgan fingerprint density at radius 2 is 1.00 bits per heavy atom. The van der Waals surface area contributed by atoms with Crippen molar-refractivity contribution in [2.24, 2.45) is 0 Å². The number of hydrogen-bond acceptors (Lipinski definition) is 6. The first-order valence-corrected chi connectivity index (χ1v) is 9.76. The van der Waals surface area contributed by atoms with Crippen LogP contribution in [-0.2, 0) is 19.1 Å². The van der Waals surface area contributed by atoms with Crippen LogP contribution >= 0.6 is 0 Å². The minimum atomic E-state index is -0.743. The molecule has 0 rings (SSSR count). The highest BCUT2D eigenvalue weighted by atomic mass is 16.5. The second-order valence-electron chi connectivity index (χ2n) is 9.09. The Balaban J connectivity index is 4.17. The molecule has 0 bridgehead atoms. The smallest absolute Gasteiger partial charge is 0.331 e. The molecule has 0 radical (unpaired) electrons. The predicted octanol–water partition coefficient (Wildman–Crippen LogP) is 1.60. The van der Waals surface area contributed by atoms with Crippen LogP contribution in [0.2, 0.25) is 0 Å². The topological polar surface area (TPSA) is 135 Å². The number of carbonyl (C=O) groups excluding carboxylic acids is 4. The maximum Gasteiger partial charge on any atom is 0.331 e. The summed E-state index contributed by atoms with van der Waals surface area (Å²) in [5.74, 6) is -1.49. The second kappa shape index (κ2) is 12.0. The molecule has 0 saturated carbocycles. The van der Waals surface area contributed by atoms with E-state index in [1.807, 2.05) is 41.5 Å². The third kappa shape index (κ3) is 16.2. The van der Waals surface area contributed by atoms with Crippen LogP contribution in [0.15, 0.2) is 12.2 Å². The first-order chi connectivity index (χ1) is 13.6. The molecule has 4 N–H and O–H groups in total. The number of nitrogens with one attached hydrogen (secondary N) is 4. The lowest BCUT2D eigenvalue weighted by Gasteiger charge is -2.22.